The van der Waals surface area contributed by atoms with Crippen molar-refractivity contribution in [3.8, 4) is 0 Å². The van der Waals surface area contributed by atoms with Crippen LogP contribution in [0.1, 0.15) is 33.8 Å². The molecule has 2 aromatic rings. The molecule has 0 fully saturated rings. The molecule has 2 unspecified atom stereocenters. The van der Waals surface area contributed by atoms with E-state index in [-0.39, 0.29) is 5.91 Å². The lowest BCUT2D eigenvalue weighted by molar-refractivity contribution is -0.0935. The Balaban J connectivity index is 2.20. The van der Waals surface area contributed by atoms with Crippen LogP contribution in [0.25, 0.3) is 0 Å². The number of carbonyl (C=O) groups excluding carboxylic acids is 1. The lowest BCUT2D eigenvalue weighted by atomic mass is 9.81. The van der Waals surface area contributed by atoms with Gasteiger partial charge in [0.15, 0.2) is 5.72 Å². The van der Waals surface area contributed by atoms with Crippen LogP contribution in [-0.2, 0) is 5.72 Å². The van der Waals surface area contributed by atoms with Crippen LogP contribution in [0.3, 0.4) is 0 Å². The zero-order valence-corrected chi connectivity index (χ0v) is 16.6. The van der Waals surface area contributed by atoms with Crippen LogP contribution in [0.5, 0.6) is 0 Å². The van der Waals surface area contributed by atoms with Crippen LogP contribution in [-0.4, -0.2) is 23.0 Å². The molecule has 1 aliphatic heterocycles. The molecule has 1 N–H and O–H groups in total. The molecule has 130 valence electrons. The first kappa shape index (κ1) is 18.5. The summed E-state index contributed by atoms with van der Waals surface area (Å²) >= 11 is 15.6. The van der Waals surface area contributed by atoms with E-state index in [0.717, 1.165) is 10.0 Å². The number of hydrogen-bond donors (Lipinski definition) is 1. The highest BCUT2D eigenvalue weighted by molar-refractivity contribution is 9.10. The zero-order valence-electron chi connectivity index (χ0n) is 13.5. The topological polar surface area (TPSA) is 40.5 Å². The summed E-state index contributed by atoms with van der Waals surface area (Å²) in [5.41, 5.74) is 0.334. The normalized spacial score (nSPS) is 20.5. The predicted octanol–water partition coefficient (Wildman–Crippen LogP) is 5.35. The van der Waals surface area contributed by atoms with Crippen LogP contribution in [0.15, 0.2) is 53.5 Å². The van der Waals surface area contributed by atoms with Gasteiger partial charge in [-0.25, -0.2) is 0 Å². The second-order valence-electron chi connectivity index (χ2n) is 6.03. The molecule has 0 bridgehead atoms. The third kappa shape index (κ3) is 2.91. The number of hydrogen-bond acceptors (Lipinski definition) is 2. The number of aliphatic hydroxyl groups is 1. The molecule has 2 atom stereocenters. The number of benzene rings is 2. The Morgan fingerprint density at radius 2 is 2.00 bits per heavy atom. The van der Waals surface area contributed by atoms with Gasteiger partial charge in [-0.1, -0.05) is 57.3 Å². The molecule has 0 radical (unpaired) electrons. The minimum Gasteiger partial charge on any atom is -0.366 e. The summed E-state index contributed by atoms with van der Waals surface area (Å²) in [6.45, 7) is 3.80. The Labute approximate surface area is 165 Å². The maximum absolute atomic E-state index is 12.7. The lowest BCUT2D eigenvalue weighted by Crippen LogP contribution is -2.45. The summed E-state index contributed by atoms with van der Waals surface area (Å²) in [6.07, 6.45) is 2.18. The molecule has 0 aromatic heterocycles. The van der Waals surface area contributed by atoms with Crippen molar-refractivity contribution in [2.75, 3.05) is 7.05 Å². The van der Waals surface area contributed by atoms with Crippen LogP contribution in [0.4, 0.5) is 0 Å². The first-order valence-electron chi connectivity index (χ1n) is 7.67. The van der Waals surface area contributed by atoms with E-state index in [1.54, 1.807) is 37.4 Å². The van der Waals surface area contributed by atoms with Gasteiger partial charge in [-0.2, -0.15) is 0 Å². The van der Waals surface area contributed by atoms with Crippen molar-refractivity contribution >= 4 is 45.0 Å². The van der Waals surface area contributed by atoms with E-state index in [0.29, 0.717) is 27.6 Å². The first-order chi connectivity index (χ1) is 11.8. The van der Waals surface area contributed by atoms with Gasteiger partial charge in [0.25, 0.3) is 5.91 Å². The van der Waals surface area contributed by atoms with E-state index in [1.165, 1.54) is 4.90 Å². The van der Waals surface area contributed by atoms with Crippen molar-refractivity contribution < 1.29 is 9.90 Å². The van der Waals surface area contributed by atoms with Gasteiger partial charge in [-0.05, 0) is 36.2 Å². The summed E-state index contributed by atoms with van der Waals surface area (Å²) in [6, 6.07) is 10.6. The van der Waals surface area contributed by atoms with Crippen molar-refractivity contribution in [3.63, 3.8) is 0 Å². The van der Waals surface area contributed by atoms with Gasteiger partial charge < -0.3 is 10.0 Å². The molecule has 3 nitrogen and oxygen atoms in total. The third-order valence-electron chi connectivity index (χ3n) is 4.66. The van der Waals surface area contributed by atoms with Crippen LogP contribution in [0.2, 0.25) is 10.0 Å². The number of amides is 1. The Kier molecular flexibility index (Phi) is 5.00. The highest BCUT2D eigenvalue weighted by Crippen LogP contribution is 2.48. The zero-order chi connectivity index (χ0) is 18.4. The number of likely N-dealkylation sites (N-methyl/N-ethyl adjacent to an activating group) is 1. The molecule has 2 aromatic carbocycles. The van der Waals surface area contributed by atoms with Gasteiger partial charge in [0.1, 0.15) is 0 Å². The molecule has 0 aliphatic carbocycles. The number of allylic oxidation sites excluding steroid dienone is 1. The van der Waals surface area contributed by atoms with E-state index < -0.39 is 11.6 Å². The molecule has 3 rings (SSSR count). The van der Waals surface area contributed by atoms with Crippen molar-refractivity contribution in [2.24, 2.45) is 0 Å². The predicted molar refractivity (Wildman–Crippen MR) is 104 cm³/mol. The van der Waals surface area contributed by atoms with E-state index >= 15 is 0 Å². The Morgan fingerprint density at radius 3 is 2.64 bits per heavy atom. The first-order valence-corrected chi connectivity index (χ1v) is 9.22. The van der Waals surface area contributed by atoms with Gasteiger partial charge in [0.2, 0.25) is 0 Å². The lowest BCUT2D eigenvalue weighted by Gasteiger charge is -2.39. The smallest absolute Gasteiger partial charge is 0.256 e. The largest absolute Gasteiger partial charge is 0.366 e. The van der Waals surface area contributed by atoms with Crippen molar-refractivity contribution in [1.29, 1.82) is 0 Å². The summed E-state index contributed by atoms with van der Waals surface area (Å²) in [7, 11) is 1.60. The molecule has 6 heteroatoms. The minimum absolute atomic E-state index is 0.229. The third-order valence-corrected chi connectivity index (χ3v) is 5.89. The molecule has 25 heavy (non-hydrogen) atoms. The Bertz CT molecular complexity index is 870. The average molecular weight is 441 g/mol. The van der Waals surface area contributed by atoms with E-state index in [1.807, 2.05) is 12.1 Å². The van der Waals surface area contributed by atoms with Gasteiger partial charge in [0, 0.05) is 28.6 Å². The number of rotatable bonds is 4. The van der Waals surface area contributed by atoms with Crippen LogP contribution in [0, 0.1) is 0 Å². The molecule has 0 spiro atoms. The van der Waals surface area contributed by atoms with E-state index in [9.17, 15) is 9.90 Å². The molecule has 1 heterocycles. The molecule has 0 saturated carbocycles. The van der Waals surface area contributed by atoms with Crippen LogP contribution < -0.4 is 0 Å². The second kappa shape index (κ2) is 6.76. The van der Waals surface area contributed by atoms with Crippen molar-refractivity contribution in [2.45, 2.75) is 18.1 Å². The second-order valence-corrected chi connectivity index (χ2v) is 7.76. The minimum atomic E-state index is -1.50. The highest BCUT2D eigenvalue weighted by Gasteiger charge is 2.51. The highest BCUT2D eigenvalue weighted by atomic mass is 79.9. The fourth-order valence-electron chi connectivity index (χ4n) is 3.38. The van der Waals surface area contributed by atoms with E-state index in [2.05, 4.69) is 22.5 Å². The molecule has 0 saturated heterocycles. The summed E-state index contributed by atoms with van der Waals surface area (Å²) in [5.74, 6) is -0.663. The monoisotopic (exact) mass is 439 g/mol. The Morgan fingerprint density at radius 1 is 1.28 bits per heavy atom. The summed E-state index contributed by atoms with van der Waals surface area (Å²) in [5, 5.41) is 12.5. The fraction of sp³-hybridized carbons (Fsp3) is 0.211. The number of halogens is 3. The molecule has 1 amide bonds. The van der Waals surface area contributed by atoms with E-state index in [4.69, 9.17) is 23.2 Å². The van der Waals surface area contributed by atoms with Gasteiger partial charge in [0.05, 0.1) is 10.0 Å². The number of carbonyl (C=O) groups is 1. The SMILES string of the molecule is C=CCC(c1ccc(Cl)c(Cl)c1)C1(O)c2ccc(Br)cc2C(=O)N1C. The van der Waals surface area contributed by atoms with Gasteiger partial charge in [-0.3, -0.25) is 4.79 Å². The molecular weight excluding hydrogens is 425 g/mol. The maximum atomic E-state index is 12.7. The molecule has 1 aliphatic rings. The number of nitrogens with zero attached hydrogens (tertiary/aromatic N) is 1. The number of fused-ring (bicyclic) bond motifs is 1. The summed E-state index contributed by atoms with van der Waals surface area (Å²) < 4.78 is 0.784. The molecular formula is C19H16BrCl2NO2. The maximum Gasteiger partial charge on any atom is 0.256 e. The van der Waals surface area contributed by atoms with Crippen molar-refractivity contribution in [1.82, 2.24) is 4.90 Å². The average Bonchev–Trinajstić information content (AvgIpc) is 2.77. The quantitative estimate of drug-likeness (QED) is 0.651. The van der Waals surface area contributed by atoms with Gasteiger partial charge >= 0.3 is 0 Å². The van der Waals surface area contributed by atoms with Crippen LogP contribution >= 0.6 is 39.1 Å². The van der Waals surface area contributed by atoms with Gasteiger partial charge in [-0.15, -0.1) is 6.58 Å². The Hall–Kier alpha value is -1.33. The fourth-order valence-corrected chi connectivity index (χ4v) is 4.05. The standard InChI is InChI=1S/C19H16BrCl2NO2/c1-3-4-14(11-5-8-16(21)17(22)9-11)19(25)15-7-6-12(20)10-13(15)18(24)23(19)2/h3,5-10,14,25H,1,4H2,2H3. The summed E-state index contributed by atoms with van der Waals surface area (Å²) in [4.78, 5) is 14.1. The van der Waals surface area contributed by atoms with Crippen molar-refractivity contribution in [3.05, 3.63) is 80.3 Å².